The summed E-state index contributed by atoms with van der Waals surface area (Å²) < 4.78 is 29.9. The van der Waals surface area contributed by atoms with Crippen LogP contribution in [0.15, 0.2) is 53.7 Å². The number of piperidine rings is 1. The lowest BCUT2D eigenvalue weighted by molar-refractivity contribution is 0.254. The van der Waals surface area contributed by atoms with Gasteiger partial charge >= 0.3 is 0 Å². The van der Waals surface area contributed by atoms with E-state index in [1.807, 2.05) is 50.5 Å². The third-order valence-corrected chi connectivity index (χ3v) is 7.56. The summed E-state index contributed by atoms with van der Waals surface area (Å²) in [6, 6.07) is 13.7. The van der Waals surface area contributed by atoms with Gasteiger partial charge in [0.2, 0.25) is 10.0 Å². The van der Waals surface area contributed by atoms with Gasteiger partial charge in [-0.3, -0.25) is 0 Å². The molecule has 0 bridgehead atoms. The van der Waals surface area contributed by atoms with E-state index in [1.165, 1.54) is 0 Å². The van der Waals surface area contributed by atoms with Gasteiger partial charge in [-0.1, -0.05) is 29.8 Å². The zero-order valence-corrected chi connectivity index (χ0v) is 16.6. The molecule has 0 radical (unpaired) electrons. The SMILES string of the molecule is Cc1ccc(S(=O)(=O)N2CCC(Cn3cnc4ccccc43)CC2)c(C)c1. The molecule has 1 aliphatic heterocycles. The van der Waals surface area contributed by atoms with E-state index in [1.54, 1.807) is 10.4 Å². The molecule has 1 aliphatic rings. The molecule has 2 heterocycles. The number of aromatic nitrogens is 2. The number of sulfonamides is 1. The highest BCUT2D eigenvalue weighted by atomic mass is 32.2. The van der Waals surface area contributed by atoms with Gasteiger partial charge in [0, 0.05) is 19.6 Å². The molecule has 1 fully saturated rings. The maximum Gasteiger partial charge on any atom is 0.243 e. The summed E-state index contributed by atoms with van der Waals surface area (Å²) in [5.41, 5.74) is 4.05. The van der Waals surface area contributed by atoms with Crippen molar-refractivity contribution in [2.24, 2.45) is 5.92 Å². The van der Waals surface area contributed by atoms with Crippen LogP contribution < -0.4 is 0 Å². The largest absolute Gasteiger partial charge is 0.330 e. The summed E-state index contributed by atoms with van der Waals surface area (Å²) >= 11 is 0. The van der Waals surface area contributed by atoms with Crippen LogP contribution in [-0.4, -0.2) is 35.4 Å². The van der Waals surface area contributed by atoms with Gasteiger partial charge < -0.3 is 4.57 Å². The van der Waals surface area contributed by atoms with Gasteiger partial charge in [-0.25, -0.2) is 13.4 Å². The molecule has 0 amide bonds. The van der Waals surface area contributed by atoms with E-state index in [9.17, 15) is 8.42 Å². The second kappa shape index (κ2) is 7.09. The Morgan fingerprint density at radius 2 is 1.81 bits per heavy atom. The number of benzene rings is 2. The van der Waals surface area contributed by atoms with Crippen molar-refractivity contribution in [1.82, 2.24) is 13.9 Å². The topological polar surface area (TPSA) is 55.2 Å². The van der Waals surface area contributed by atoms with Crippen molar-refractivity contribution in [1.29, 1.82) is 0 Å². The van der Waals surface area contributed by atoms with Crippen LogP contribution in [0.2, 0.25) is 0 Å². The van der Waals surface area contributed by atoms with Gasteiger partial charge in [0.1, 0.15) is 0 Å². The van der Waals surface area contributed by atoms with Crippen LogP contribution in [0.5, 0.6) is 0 Å². The first-order valence-corrected chi connectivity index (χ1v) is 10.9. The number of rotatable bonds is 4. The van der Waals surface area contributed by atoms with Crippen LogP contribution >= 0.6 is 0 Å². The van der Waals surface area contributed by atoms with Gasteiger partial charge in [0.25, 0.3) is 0 Å². The van der Waals surface area contributed by atoms with Crippen molar-refractivity contribution in [2.75, 3.05) is 13.1 Å². The summed E-state index contributed by atoms with van der Waals surface area (Å²) in [4.78, 5) is 4.89. The Hall–Kier alpha value is -2.18. The molecule has 1 aromatic heterocycles. The zero-order valence-electron chi connectivity index (χ0n) is 15.8. The van der Waals surface area contributed by atoms with E-state index >= 15 is 0 Å². The third-order valence-electron chi connectivity index (χ3n) is 5.50. The van der Waals surface area contributed by atoms with Gasteiger partial charge in [-0.15, -0.1) is 0 Å². The van der Waals surface area contributed by atoms with E-state index < -0.39 is 10.0 Å². The predicted octanol–water partition coefficient (Wildman–Crippen LogP) is 3.75. The molecular weight excluding hydrogens is 358 g/mol. The van der Waals surface area contributed by atoms with E-state index in [0.717, 1.165) is 41.5 Å². The Balaban J connectivity index is 1.45. The Kier molecular flexibility index (Phi) is 4.78. The number of hydrogen-bond donors (Lipinski definition) is 0. The summed E-state index contributed by atoms with van der Waals surface area (Å²) in [5.74, 6) is 0.466. The summed E-state index contributed by atoms with van der Waals surface area (Å²) in [6.45, 7) is 5.89. The highest BCUT2D eigenvalue weighted by Crippen LogP contribution is 2.27. The van der Waals surface area contributed by atoms with Crippen molar-refractivity contribution in [3.63, 3.8) is 0 Å². The molecule has 6 heteroatoms. The molecule has 0 saturated carbocycles. The van der Waals surface area contributed by atoms with Gasteiger partial charge in [-0.2, -0.15) is 4.31 Å². The first-order valence-electron chi connectivity index (χ1n) is 9.42. The van der Waals surface area contributed by atoms with Crippen LogP contribution in [0.4, 0.5) is 0 Å². The van der Waals surface area contributed by atoms with Gasteiger partial charge in [0.05, 0.1) is 22.3 Å². The Morgan fingerprint density at radius 3 is 2.56 bits per heavy atom. The Labute approximate surface area is 160 Å². The van der Waals surface area contributed by atoms with Gasteiger partial charge in [0.15, 0.2) is 0 Å². The fourth-order valence-electron chi connectivity index (χ4n) is 3.99. The molecule has 0 spiro atoms. The first-order chi connectivity index (χ1) is 12.9. The number of para-hydroxylation sites is 2. The Morgan fingerprint density at radius 1 is 1.07 bits per heavy atom. The summed E-state index contributed by atoms with van der Waals surface area (Å²) in [5, 5.41) is 0. The second-order valence-corrected chi connectivity index (χ2v) is 9.41. The molecule has 1 saturated heterocycles. The molecule has 5 nitrogen and oxygen atoms in total. The highest BCUT2D eigenvalue weighted by molar-refractivity contribution is 7.89. The van der Waals surface area contributed by atoms with Crippen LogP contribution in [-0.2, 0) is 16.6 Å². The maximum absolute atomic E-state index is 13.0. The molecule has 0 N–H and O–H groups in total. The molecule has 4 rings (SSSR count). The smallest absolute Gasteiger partial charge is 0.243 e. The lowest BCUT2D eigenvalue weighted by Crippen LogP contribution is -2.39. The molecule has 3 aromatic rings. The number of fused-ring (bicyclic) bond motifs is 1. The van der Waals surface area contributed by atoms with Crippen molar-refractivity contribution in [3.8, 4) is 0 Å². The van der Waals surface area contributed by atoms with E-state index in [-0.39, 0.29) is 0 Å². The van der Waals surface area contributed by atoms with Crippen molar-refractivity contribution < 1.29 is 8.42 Å². The normalized spacial score (nSPS) is 16.8. The average Bonchev–Trinajstić information content (AvgIpc) is 3.05. The third kappa shape index (κ3) is 3.51. The molecule has 0 unspecified atom stereocenters. The number of aryl methyl sites for hydroxylation is 2. The minimum absolute atomic E-state index is 0.437. The number of imidazole rings is 1. The minimum Gasteiger partial charge on any atom is -0.330 e. The van der Waals surface area contributed by atoms with E-state index in [0.29, 0.717) is 23.9 Å². The fraction of sp³-hybridized carbons (Fsp3) is 0.381. The predicted molar refractivity (Wildman–Crippen MR) is 107 cm³/mol. The molecule has 2 aromatic carbocycles. The standard InChI is InChI=1S/C21H25N3O2S/c1-16-7-8-21(17(2)13-16)27(25,26)24-11-9-18(10-12-24)14-23-15-22-19-5-3-4-6-20(19)23/h3-8,13,15,18H,9-12,14H2,1-2H3. The molecule has 27 heavy (non-hydrogen) atoms. The monoisotopic (exact) mass is 383 g/mol. The number of hydrogen-bond acceptors (Lipinski definition) is 3. The quantitative estimate of drug-likeness (QED) is 0.689. The van der Waals surface area contributed by atoms with Crippen LogP contribution in [0.25, 0.3) is 11.0 Å². The lowest BCUT2D eigenvalue weighted by Gasteiger charge is -2.31. The molecule has 0 atom stereocenters. The highest BCUT2D eigenvalue weighted by Gasteiger charge is 2.30. The summed E-state index contributed by atoms with van der Waals surface area (Å²) in [6.07, 6.45) is 3.64. The molecule has 142 valence electrons. The summed E-state index contributed by atoms with van der Waals surface area (Å²) in [7, 11) is -3.42. The van der Waals surface area contributed by atoms with Crippen LogP contribution in [0.3, 0.4) is 0 Å². The fourth-order valence-corrected chi connectivity index (χ4v) is 5.67. The van der Waals surface area contributed by atoms with Gasteiger partial charge in [-0.05, 0) is 56.4 Å². The molecule has 0 aliphatic carbocycles. The van der Waals surface area contributed by atoms with Crippen molar-refractivity contribution >= 4 is 21.1 Å². The Bertz CT molecular complexity index is 1060. The average molecular weight is 384 g/mol. The zero-order chi connectivity index (χ0) is 19.0. The second-order valence-electron chi connectivity index (χ2n) is 7.50. The van der Waals surface area contributed by atoms with E-state index in [2.05, 4.69) is 15.6 Å². The number of nitrogens with zero attached hydrogens (tertiary/aromatic N) is 3. The van der Waals surface area contributed by atoms with Crippen LogP contribution in [0.1, 0.15) is 24.0 Å². The van der Waals surface area contributed by atoms with E-state index in [4.69, 9.17) is 0 Å². The minimum atomic E-state index is -3.42. The van der Waals surface area contributed by atoms with Crippen molar-refractivity contribution in [3.05, 3.63) is 59.9 Å². The van der Waals surface area contributed by atoms with Crippen LogP contribution in [0, 0.1) is 19.8 Å². The first kappa shape index (κ1) is 18.2. The maximum atomic E-state index is 13.0. The van der Waals surface area contributed by atoms with Crippen molar-refractivity contribution in [2.45, 2.75) is 38.1 Å². The molecular formula is C21H25N3O2S. The lowest BCUT2D eigenvalue weighted by atomic mass is 9.98.